The smallest absolute Gasteiger partial charge is 0.238 e. The molecule has 1 unspecified atom stereocenters. The highest BCUT2D eigenvalue weighted by Crippen LogP contribution is 2.29. The van der Waals surface area contributed by atoms with Crippen LogP contribution in [-0.2, 0) is 9.59 Å². The first-order valence-electron chi connectivity index (χ1n) is 9.07. The summed E-state index contributed by atoms with van der Waals surface area (Å²) in [4.78, 5) is 26.2. The minimum atomic E-state index is -0.291. The summed E-state index contributed by atoms with van der Waals surface area (Å²) in [6.07, 6.45) is 0. The lowest BCUT2D eigenvalue weighted by molar-refractivity contribution is -0.123. The van der Waals surface area contributed by atoms with Crippen molar-refractivity contribution in [1.82, 2.24) is 10.2 Å². The van der Waals surface area contributed by atoms with Crippen molar-refractivity contribution in [2.45, 2.75) is 13.0 Å². The Labute approximate surface area is 175 Å². The van der Waals surface area contributed by atoms with Gasteiger partial charge in [0.1, 0.15) is 11.5 Å². The van der Waals surface area contributed by atoms with E-state index in [4.69, 9.17) is 21.1 Å². The van der Waals surface area contributed by atoms with E-state index in [1.807, 2.05) is 13.0 Å². The van der Waals surface area contributed by atoms with Crippen LogP contribution in [0.25, 0.3) is 0 Å². The average molecular weight is 420 g/mol. The van der Waals surface area contributed by atoms with E-state index in [1.165, 1.54) is 0 Å². The van der Waals surface area contributed by atoms with Gasteiger partial charge in [0.2, 0.25) is 11.8 Å². The SMILES string of the molecule is COc1ccc(OC)c(C(C)NC(=O)CN(C)CC(=O)Nc2cccc(Cl)c2)c1. The first-order chi connectivity index (χ1) is 13.8. The molecule has 0 bridgehead atoms. The van der Waals surface area contributed by atoms with Gasteiger partial charge in [0.05, 0.1) is 33.4 Å². The minimum absolute atomic E-state index is 0.0663. The van der Waals surface area contributed by atoms with E-state index in [0.717, 1.165) is 5.56 Å². The maximum absolute atomic E-state index is 12.4. The number of nitrogens with one attached hydrogen (secondary N) is 2. The number of hydrogen-bond donors (Lipinski definition) is 2. The molecule has 0 fully saturated rings. The number of nitrogens with zero attached hydrogens (tertiary/aromatic N) is 1. The Morgan fingerprint density at radius 1 is 1.07 bits per heavy atom. The topological polar surface area (TPSA) is 79.9 Å². The number of likely N-dealkylation sites (N-methyl/N-ethyl adjacent to an activating group) is 1. The molecule has 29 heavy (non-hydrogen) atoms. The van der Waals surface area contributed by atoms with Gasteiger partial charge < -0.3 is 20.1 Å². The van der Waals surface area contributed by atoms with E-state index < -0.39 is 0 Å². The number of benzene rings is 2. The molecule has 2 aromatic rings. The highest BCUT2D eigenvalue weighted by Gasteiger charge is 2.17. The molecule has 0 radical (unpaired) electrons. The summed E-state index contributed by atoms with van der Waals surface area (Å²) < 4.78 is 10.6. The number of anilines is 1. The van der Waals surface area contributed by atoms with Gasteiger partial charge >= 0.3 is 0 Å². The third-order valence-corrected chi connectivity index (χ3v) is 4.45. The Morgan fingerprint density at radius 2 is 1.79 bits per heavy atom. The zero-order chi connectivity index (χ0) is 21.4. The number of rotatable bonds is 9. The number of methoxy groups -OCH3 is 2. The minimum Gasteiger partial charge on any atom is -0.497 e. The van der Waals surface area contributed by atoms with Crippen LogP contribution in [-0.4, -0.2) is 51.1 Å². The Hall–Kier alpha value is -2.77. The molecule has 0 spiro atoms. The molecule has 2 aromatic carbocycles. The van der Waals surface area contributed by atoms with Gasteiger partial charge in [0.15, 0.2) is 0 Å². The fourth-order valence-electron chi connectivity index (χ4n) is 2.86. The van der Waals surface area contributed by atoms with E-state index in [9.17, 15) is 9.59 Å². The summed E-state index contributed by atoms with van der Waals surface area (Å²) in [7, 11) is 4.86. The summed E-state index contributed by atoms with van der Waals surface area (Å²) in [5.41, 5.74) is 1.42. The maximum atomic E-state index is 12.4. The molecule has 1 atom stereocenters. The van der Waals surface area contributed by atoms with E-state index in [-0.39, 0.29) is 30.9 Å². The second-order valence-corrected chi connectivity index (χ2v) is 7.06. The van der Waals surface area contributed by atoms with Crippen LogP contribution >= 0.6 is 11.6 Å². The van der Waals surface area contributed by atoms with Crippen LogP contribution in [0, 0.1) is 0 Å². The number of carbonyl (C=O) groups excluding carboxylic acids is 2. The third-order valence-electron chi connectivity index (χ3n) is 4.22. The second kappa shape index (κ2) is 10.7. The first-order valence-corrected chi connectivity index (χ1v) is 9.45. The number of carbonyl (C=O) groups is 2. The number of halogens is 1. The lowest BCUT2D eigenvalue weighted by Gasteiger charge is -2.20. The predicted molar refractivity (Wildman–Crippen MR) is 114 cm³/mol. The quantitative estimate of drug-likeness (QED) is 0.652. The Kier molecular flexibility index (Phi) is 8.30. The van der Waals surface area contributed by atoms with Crippen LogP contribution in [0.5, 0.6) is 11.5 Å². The van der Waals surface area contributed by atoms with Crippen LogP contribution < -0.4 is 20.1 Å². The van der Waals surface area contributed by atoms with E-state index in [0.29, 0.717) is 22.2 Å². The van der Waals surface area contributed by atoms with Gasteiger partial charge in [-0.25, -0.2) is 0 Å². The van der Waals surface area contributed by atoms with Crippen molar-refractivity contribution in [1.29, 1.82) is 0 Å². The van der Waals surface area contributed by atoms with Crippen LogP contribution in [0.4, 0.5) is 5.69 Å². The number of ether oxygens (including phenoxy) is 2. The molecule has 0 aromatic heterocycles. The average Bonchev–Trinajstić information content (AvgIpc) is 2.66. The van der Waals surface area contributed by atoms with Crippen molar-refractivity contribution in [2.75, 3.05) is 39.7 Å². The van der Waals surface area contributed by atoms with Gasteiger partial charge in [-0.2, -0.15) is 0 Å². The molecular formula is C21H26ClN3O4. The maximum Gasteiger partial charge on any atom is 0.238 e. The zero-order valence-corrected chi connectivity index (χ0v) is 17.7. The van der Waals surface area contributed by atoms with Crippen molar-refractivity contribution in [3.05, 3.63) is 53.1 Å². The molecular weight excluding hydrogens is 394 g/mol. The van der Waals surface area contributed by atoms with Gasteiger partial charge in [-0.15, -0.1) is 0 Å². The molecule has 2 N–H and O–H groups in total. The Balaban J connectivity index is 1.88. The number of hydrogen-bond acceptors (Lipinski definition) is 5. The zero-order valence-electron chi connectivity index (χ0n) is 17.0. The van der Waals surface area contributed by atoms with E-state index >= 15 is 0 Å². The van der Waals surface area contributed by atoms with Gasteiger partial charge in [-0.05, 0) is 50.4 Å². The van der Waals surface area contributed by atoms with Gasteiger partial charge in [0, 0.05) is 16.3 Å². The van der Waals surface area contributed by atoms with Crippen molar-refractivity contribution in [3.8, 4) is 11.5 Å². The molecule has 0 aliphatic rings. The largest absolute Gasteiger partial charge is 0.497 e. The molecule has 2 rings (SSSR count). The Morgan fingerprint density at radius 3 is 2.45 bits per heavy atom. The Bertz CT molecular complexity index is 860. The fraction of sp³-hybridized carbons (Fsp3) is 0.333. The molecule has 0 saturated heterocycles. The van der Waals surface area contributed by atoms with Gasteiger partial charge in [0.25, 0.3) is 0 Å². The van der Waals surface area contributed by atoms with E-state index in [2.05, 4.69) is 10.6 Å². The molecule has 0 aliphatic heterocycles. The summed E-state index contributed by atoms with van der Waals surface area (Å²) in [5.74, 6) is 0.898. The molecule has 0 heterocycles. The first kappa shape index (κ1) is 22.5. The van der Waals surface area contributed by atoms with Crippen molar-refractivity contribution in [2.24, 2.45) is 0 Å². The molecule has 2 amide bonds. The molecule has 0 saturated carbocycles. The fourth-order valence-corrected chi connectivity index (χ4v) is 3.05. The lowest BCUT2D eigenvalue weighted by atomic mass is 10.1. The molecule has 0 aliphatic carbocycles. The summed E-state index contributed by atoms with van der Waals surface area (Å²) in [5, 5.41) is 6.21. The van der Waals surface area contributed by atoms with Crippen molar-refractivity contribution in [3.63, 3.8) is 0 Å². The molecule has 7 nitrogen and oxygen atoms in total. The van der Waals surface area contributed by atoms with Gasteiger partial charge in [-0.1, -0.05) is 17.7 Å². The normalized spacial score (nSPS) is 11.7. The van der Waals surface area contributed by atoms with E-state index in [1.54, 1.807) is 62.6 Å². The lowest BCUT2D eigenvalue weighted by Crippen LogP contribution is -2.39. The van der Waals surface area contributed by atoms with Crippen LogP contribution in [0.2, 0.25) is 5.02 Å². The molecule has 156 valence electrons. The van der Waals surface area contributed by atoms with Gasteiger partial charge in [-0.3, -0.25) is 14.5 Å². The van der Waals surface area contributed by atoms with Crippen LogP contribution in [0.15, 0.2) is 42.5 Å². The summed E-state index contributed by atoms with van der Waals surface area (Å²) >= 11 is 5.91. The van der Waals surface area contributed by atoms with Crippen LogP contribution in [0.1, 0.15) is 18.5 Å². The van der Waals surface area contributed by atoms with Crippen molar-refractivity contribution < 1.29 is 19.1 Å². The highest BCUT2D eigenvalue weighted by atomic mass is 35.5. The summed E-state index contributed by atoms with van der Waals surface area (Å²) in [6.45, 7) is 2.00. The summed E-state index contributed by atoms with van der Waals surface area (Å²) in [6, 6.07) is 12.0. The predicted octanol–water partition coefficient (Wildman–Crippen LogP) is 3.10. The standard InChI is InChI=1S/C21H26ClN3O4/c1-14(18-11-17(28-3)8-9-19(18)29-4)23-20(26)12-25(2)13-21(27)24-16-7-5-6-15(22)10-16/h5-11,14H,12-13H2,1-4H3,(H,23,26)(H,24,27). The monoisotopic (exact) mass is 419 g/mol. The number of amides is 2. The van der Waals surface area contributed by atoms with Crippen LogP contribution in [0.3, 0.4) is 0 Å². The molecule has 8 heteroatoms. The highest BCUT2D eigenvalue weighted by molar-refractivity contribution is 6.30. The van der Waals surface area contributed by atoms with Crippen molar-refractivity contribution >= 4 is 29.1 Å². The second-order valence-electron chi connectivity index (χ2n) is 6.63. The third kappa shape index (κ3) is 6.96.